The van der Waals surface area contributed by atoms with E-state index in [4.69, 9.17) is 9.84 Å². The minimum atomic E-state index is -0.945. The van der Waals surface area contributed by atoms with Gasteiger partial charge in [-0.3, -0.25) is 9.59 Å². The number of aliphatic carboxylic acids is 1. The van der Waals surface area contributed by atoms with Crippen LogP contribution in [0.5, 0.6) is 0 Å². The van der Waals surface area contributed by atoms with Crippen LogP contribution in [0.3, 0.4) is 0 Å². The molecule has 0 aliphatic carbocycles. The highest BCUT2D eigenvalue weighted by molar-refractivity contribution is 5.95. The molecule has 1 amide bonds. The van der Waals surface area contributed by atoms with Crippen LogP contribution in [-0.2, 0) is 9.53 Å². The summed E-state index contributed by atoms with van der Waals surface area (Å²) in [4.78, 5) is 25.1. The maximum atomic E-state index is 12.6. The number of carboxylic acids is 1. The summed E-state index contributed by atoms with van der Waals surface area (Å²) in [5.74, 6) is -1.13. The minimum Gasteiger partial charge on any atom is -0.481 e. The Hall–Kier alpha value is -2.74. The molecule has 1 aromatic carbocycles. The summed E-state index contributed by atoms with van der Waals surface area (Å²) >= 11 is 0. The Morgan fingerprint density at radius 3 is 2.74 bits per heavy atom. The van der Waals surface area contributed by atoms with Gasteiger partial charge in [0.2, 0.25) is 0 Å². The predicted molar refractivity (Wildman–Crippen MR) is 79.3 cm³/mol. The second kappa shape index (κ2) is 6.57. The van der Waals surface area contributed by atoms with Gasteiger partial charge in [-0.15, -0.1) is 5.10 Å². The zero-order chi connectivity index (χ0) is 16.2. The van der Waals surface area contributed by atoms with E-state index in [-0.39, 0.29) is 18.9 Å². The summed E-state index contributed by atoms with van der Waals surface area (Å²) in [5, 5.41) is 16.6. The van der Waals surface area contributed by atoms with Gasteiger partial charge in [0.1, 0.15) is 0 Å². The third-order valence-corrected chi connectivity index (χ3v) is 3.70. The molecule has 0 spiro atoms. The van der Waals surface area contributed by atoms with Gasteiger partial charge in [-0.25, -0.2) is 4.68 Å². The number of nitrogens with zero attached hydrogens (tertiary/aromatic N) is 4. The standard InChI is InChI=1S/C15H16N4O4/c20-14(21)9-13-10-23-8-7-18(13)15(22)11-1-3-12(4-2-11)19-6-5-16-17-19/h1-6,13H,7-10H2,(H,20,21)/t13-/m1/s1. The number of amides is 1. The number of benzene rings is 1. The van der Waals surface area contributed by atoms with Crippen LogP contribution >= 0.6 is 0 Å². The molecule has 8 nitrogen and oxygen atoms in total. The van der Waals surface area contributed by atoms with Gasteiger partial charge in [0.25, 0.3) is 5.91 Å². The second-order valence-corrected chi connectivity index (χ2v) is 5.22. The van der Waals surface area contributed by atoms with Gasteiger partial charge < -0.3 is 14.7 Å². The maximum Gasteiger partial charge on any atom is 0.305 e. The van der Waals surface area contributed by atoms with Gasteiger partial charge in [0.15, 0.2) is 0 Å². The van der Waals surface area contributed by atoms with E-state index in [1.54, 1.807) is 46.2 Å². The lowest BCUT2D eigenvalue weighted by atomic mass is 10.1. The van der Waals surface area contributed by atoms with Crippen LogP contribution in [0, 0.1) is 0 Å². The fourth-order valence-corrected chi connectivity index (χ4v) is 2.56. The Bertz CT molecular complexity index is 684. The van der Waals surface area contributed by atoms with E-state index < -0.39 is 12.0 Å². The van der Waals surface area contributed by atoms with Crippen molar-refractivity contribution in [2.75, 3.05) is 19.8 Å². The molecule has 23 heavy (non-hydrogen) atoms. The molecule has 1 aliphatic heterocycles. The molecule has 2 aromatic rings. The van der Waals surface area contributed by atoms with Crippen molar-refractivity contribution >= 4 is 11.9 Å². The van der Waals surface area contributed by atoms with Crippen LogP contribution in [0.4, 0.5) is 0 Å². The molecule has 0 saturated carbocycles. The zero-order valence-corrected chi connectivity index (χ0v) is 12.3. The lowest BCUT2D eigenvalue weighted by molar-refractivity contribution is -0.139. The second-order valence-electron chi connectivity index (χ2n) is 5.22. The summed E-state index contributed by atoms with van der Waals surface area (Å²) in [6, 6.07) is 6.51. The van der Waals surface area contributed by atoms with E-state index in [0.717, 1.165) is 5.69 Å². The Balaban J connectivity index is 1.77. The fraction of sp³-hybridized carbons (Fsp3) is 0.333. The Morgan fingerprint density at radius 1 is 1.30 bits per heavy atom. The summed E-state index contributed by atoms with van der Waals surface area (Å²) in [6.45, 7) is 1.05. The van der Waals surface area contributed by atoms with Crippen LogP contribution in [0.25, 0.3) is 5.69 Å². The SMILES string of the molecule is O=C(O)C[C@@H]1COCCN1C(=O)c1ccc(-n2ccnn2)cc1. The average Bonchev–Trinajstić information content (AvgIpc) is 3.09. The molecule has 1 saturated heterocycles. The number of hydrogen-bond donors (Lipinski definition) is 1. The van der Waals surface area contributed by atoms with Crippen molar-refractivity contribution in [3.8, 4) is 5.69 Å². The fourth-order valence-electron chi connectivity index (χ4n) is 2.56. The highest BCUT2D eigenvalue weighted by atomic mass is 16.5. The van der Waals surface area contributed by atoms with E-state index in [9.17, 15) is 9.59 Å². The van der Waals surface area contributed by atoms with Crippen molar-refractivity contribution in [1.82, 2.24) is 19.9 Å². The van der Waals surface area contributed by atoms with Crippen molar-refractivity contribution < 1.29 is 19.4 Å². The Kier molecular flexibility index (Phi) is 4.33. The molecule has 0 unspecified atom stereocenters. The first-order valence-electron chi connectivity index (χ1n) is 7.22. The first-order chi connectivity index (χ1) is 11.1. The van der Waals surface area contributed by atoms with Gasteiger partial charge in [-0.05, 0) is 24.3 Å². The first kappa shape index (κ1) is 15.2. The normalized spacial score (nSPS) is 17.9. The van der Waals surface area contributed by atoms with Crippen molar-refractivity contribution in [2.45, 2.75) is 12.5 Å². The number of rotatable bonds is 4. The summed E-state index contributed by atoms with van der Waals surface area (Å²) < 4.78 is 6.89. The number of carbonyl (C=O) groups is 2. The number of aromatic nitrogens is 3. The predicted octanol–water partition coefficient (Wildman–Crippen LogP) is 0.583. The number of ether oxygens (including phenoxy) is 1. The molecule has 0 bridgehead atoms. The van der Waals surface area contributed by atoms with Crippen molar-refractivity contribution in [3.05, 3.63) is 42.2 Å². The average molecular weight is 316 g/mol. The Labute approximate surface area is 132 Å². The van der Waals surface area contributed by atoms with Gasteiger partial charge in [-0.2, -0.15) is 0 Å². The van der Waals surface area contributed by atoms with E-state index in [0.29, 0.717) is 18.7 Å². The molecule has 3 rings (SSSR count). The van der Waals surface area contributed by atoms with Crippen molar-refractivity contribution in [1.29, 1.82) is 0 Å². The molecule has 1 atom stereocenters. The molecule has 1 N–H and O–H groups in total. The van der Waals surface area contributed by atoms with Crippen molar-refractivity contribution in [3.63, 3.8) is 0 Å². The van der Waals surface area contributed by atoms with Crippen molar-refractivity contribution in [2.24, 2.45) is 0 Å². The molecule has 1 aliphatic rings. The Morgan fingerprint density at radius 2 is 2.09 bits per heavy atom. The number of hydrogen-bond acceptors (Lipinski definition) is 5. The molecule has 1 fully saturated rings. The topological polar surface area (TPSA) is 97.6 Å². The smallest absolute Gasteiger partial charge is 0.305 e. The maximum absolute atomic E-state index is 12.6. The molecule has 2 heterocycles. The zero-order valence-electron chi connectivity index (χ0n) is 12.3. The molecule has 1 aromatic heterocycles. The summed E-state index contributed by atoms with van der Waals surface area (Å²) in [5.41, 5.74) is 1.30. The first-order valence-corrected chi connectivity index (χ1v) is 7.22. The summed E-state index contributed by atoms with van der Waals surface area (Å²) in [6.07, 6.45) is 3.16. The number of morpholine rings is 1. The van der Waals surface area contributed by atoms with E-state index in [2.05, 4.69) is 10.3 Å². The number of carbonyl (C=O) groups excluding carboxylic acids is 1. The van der Waals surface area contributed by atoms with Crippen LogP contribution < -0.4 is 0 Å². The van der Waals surface area contributed by atoms with Crippen LogP contribution in [0.2, 0.25) is 0 Å². The van der Waals surface area contributed by atoms with Gasteiger partial charge in [-0.1, -0.05) is 5.21 Å². The third-order valence-electron chi connectivity index (χ3n) is 3.70. The van der Waals surface area contributed by atoms with Crippen LogP contribution in [-0.4, -0.2) is 62.7 Å². The molecular weight excluding hydrogens is 300 g/mol. The molecular formula is C15H16N4O4. The van der Waals surface area contributed by atoms with Crippen LogP contribution in [0.15, 0.2) is 36.7 Å². The van der Waals surface area contributed by atoms with Gasteiger partial charge in [0, 0.05) is 12.1 Å². The van der Waals surface area contributed by atoms with Crippen LogP contribution in [0.1, 0.15) is 16.8 Å². The van der Waals surface area contributed by atoms with Gasteiger partial charge in [0.05, 0.1) is 43.8 Å². The molecule has 8 heteroatoms. The molecule has 0 radical (unpaired) electrons. The summed E-state index contributed by atoms with van der Waals surface area (Å²) in [7, 11) is 0. The highest BCUT2D eigenvalue weighted by Gasteiger charge is 2.29. The highest BCUT2D eigenvalue weighted by Crippen LogP contribution is 2.16. The quantitative estimate of drug-likeness (QED) is 0.886. The lowest BCUT2D eigenvalue weighted by Crippen LogP contribution is -2.49. The van der Waals surface area contributed by atoms with E-state index in [1.807, 2.05) is 0 Å². The van der Waals surface area contributed by atoms with Gasteiger partial charge >= 0.3 is 5.97 Å². The van der Waals surface area contributed by atoms with E-state index >= 15 is 0 Å². The number of carboxylic acid groups (broad SMARTS) is 1. The largest absolute Gasteiger partial charge is 0.481 e. The lowest BCUT2D eigenvalue weighted by Gasteiger charge is -2.34. The third kappa shape index (κ3) is 3.37. The minimum absolute atomic E-state index is 0.122. The van der Waals surface area contributed by atoms with E-state index in [1.165, 1.54) is 0 Å². The molecule has 120 valence electrons. The monoisotopic (exact) mass is 316 g/mol.